The van der Waals surface area contributed by atoms with Gasteiger partial charge in [0.05, 0.1) is 12.0 Å². The van der Waals surface area contributed by atoms with Crippen molar-refractivity contribution in [3.05, 3.63) is 0 Å². The van der Waals surface area contributed by atoms with Crippen LogP contribution in [0.2, 0.25) is 0 Å². The van der Waals surface area contributed by atoms with E-state index in [0.29, 0.717) is 0 Å². The monoisotopic (exact) mass is 166 g/mol. The zero-order chi connectivity index (χ0) is 9.19. The van der Waals surface area contributed by atoms with Gasteiger partial charge in [-0.2, -0.15) is 5.26 Å². The summed E-state index contributed by atoms with van der Waals surface area (Å²) in [6.45, 7) is 7.24. The molecule has 68 valence electrons. The molecule has 0 aliphatic heterocycles. The molecule has 0 spiro atoms. The maximum Gasteiger partial charge on any atom is 0.0666 e. The Labute approximate surface area is 75.0 Å². The van der Waals surface area contributed by atoms with Gasteiger partial charge in [0.2, 0.25) is 0 Å². The third-order valence-corrected chi connectivity index (χ3v) is 2.68. The standard InChI is InChI=1S/C10H18N2/c1-8(6-11)7-12-10(2,3)9-4-5-9/h8-9,12H,4-5,7H2,1-3H3. The summed E-state index contributed by atoms with van der Waals surface area (Å²) < 4.78 is 0. The third kappa shape index (κ3) is 2.49. The Morgan fingerprint density at radius 3 is 2.58 bits per heavy atom. The van der Waals surface area contributed by atoms with Crippen molar-refractivity contribution in [1.82, 2.24) is 5.32 Å². The second-order valence-corrected chi connectivity index (χ2v) is 4.41. The molecule has 1 unspecified atom stereocenters. The van der Waals surface area contributed by atoms with Crippen molar-refractivity contribution in [2.75, 3.05) is 6.54 Å². The van der Waals surface area contributed by atoms with E-state index in [2.05, 4.69) is 25.2 Å². The van der Waals surface area contributed by atoms with E-state index in [1.165, 1.54) is 12.8 Å². The fourth-order valence-electron chi connectivity index (χ4n) is 1.41. The minimum atomic E-state index is 0.128. The Balaban J connectivity index is 2.25. The van der Waals surface area contributed by atoms with Gasteiger partial charge >= 0.3 is 0 Å². The van der Waals surface area contributed by atoms with Crippen LogP contribution in [0.4, 0.5) is 0 Å². The number of hydrogen-bond donors (Lipinski definition) is 1. The lowest BCUT2D eigenvalue weighted by Gasteiger charge is -2.26. The average molecular weight is 166 g/mol. The van der Waals surface area contributed by atoms with E-state index in [-0.39, 0.29) is 11.5 Å². The van der Waals surface area contributed by atoms with Crippen molar-refractivity contribution < 1.29 is 0 Å². The summed E-state index contributed by atoms with van der Waals surface area (Å²) >= 11 is 0. The Morgan fingerprint density at radius 2 is 2.17 bits per heavy atom. The molecule has 0 bridgehead atoms. The first-order valence-electron chi connectivity index (χ1n) is 4.71. The predicted molar refractivity (Wildman–Crippen MR) is 49.6 cm³/mol. The second-order valence-electron chi connectivity index (χ2n) is 4.41. The van der Waals surface area contributed by atoms with Crippen LogP contribution in [0.5, 0.6) is 0 Å². The molecule has 12 heavy (non-hydrogen) atoms. The number of nitriles is 1. The molecule has 1 N–H and O–H groups in total. The van der Waals surface area contributed by atoms with Crippen LogP contribution in [-0.4, -0.2) is 12.1 Å². The molecule has 0 aromatic rings. The highest BCUT2D eigenvalue weighted by atomic mass is 15.0. The molecule has 1 atom stereocenters. The van der Waals surface area contributed by atoms with Crippen molar-refractivity contribution in [2.45, 2.75) is 39.2 Å². The molecule has 1 aliphatic rings. The maximum absolute atomic E-state index is 8.60. The highest BCUT2D eigenvalue weighted by molar-refractivity contribution is 4.95. The predicted octanol–water partition coefficient (Wildman–Crippen LogP) is 1.92. The van der Waals surface area contributed by atoms with Gasteiger partial charge in [0, 0.05) is 12.1 Å². The summed E-state index contributed by atoms with van der Waals surface area (Å²) in [5, 5.41) is 12.0. The van der Waals surface area contributed by atoms with Gasteiger partial charge in [-0.3, -0.25) is 0 Å². The first kappa shape index (κ1) is 9.54. The largest absolute Gasteiger partial charge is 0.310 e. The fourth-order valence-corrected chi connectivity index (χ4v) is 1.41. The van der Waals surface area contributed by atoms with Gasteiger partial charge in [0.15, 0.2) is 0 Å². The first-order valence-corrected chi connectivity index (χ1v) is 4.71. The van der Waals surface area contributed by atoms with Crippen molar-refractivity contribution in [3.63, 3.8) is 0 Å². The Kier molecular flexibility index (Phi) is 2.74. The molecule has 1 rings (SSSR count). The van der Waals surface area contributed by atoms with Crippen molar-refractivity contribution >= 4 is 0 Å². The topological polar surface area (TPSA) is 35.8 Å². The molecule has 1 fully saturated rings. The molecule has 1 saturated carbocycles. The van der Waals surface area contributed by atoms with Crippen LogP contribution in [-0.2, 0) is 0 Å². The molecular weight excluding hydrogens is 148 g/mol. The van der Waals surface area contributed by atoms with Crippen LogP contribution in [0.15, 0.2) is 0 Å². The molecule has 0 heterocycles. The molecule has 0 radical (unpaired) electrons. The van der Waals surface area contributed by atoms with Crippen LogP contribution < -0.4 is 5.32 Å². The van der Waals surface area contributed by atoms with E-state index in [1.807, 2.05) is 6.92 Å². The third-order valence-electron chi connectivity index (χ3n) is 2.68. The maximum atomic E-state index is 8.60. The lowest BCUT2D eigenvalue weighted by molar-refractivity contribution is 0.331. The summed E-state index contributed by atoms with van der Waals surface area (Å²) in [7, 11) is 0. The van der Waals surface area contributed by atoms with Gasteiger partial charge in [0.1, 0.15) is 0 Å². The van der Waals surface area contributed by atoms with Gasteiger partial charge in [-0.15, -0.1) is 0 Å². The van der Waals surface area contributed by atoms with Gasteiger partial charge in [0.25, 0.3) is 0 Å². The summed E-state index contributed by atoms with van der Waals surface area (Å²) in [6.07, 6.45) is 2.70. The van der Waals surface area contributed by atoms with E-state index in [9.17, 15) is 0 Å². The Morgan fingerprint density at radius 1 is 1.58 bits per heavy atom. The van der Waals surface area contributed by atoms with Crippen LogP contribution >= 0.6 is 0 Å². The fraction of sp³-hybridized carbons (Fsp3) is 0.900. The Hall–Kier alpha value is -0.550. The van der Waals surface area contributed by atoms with Gasteiger partial charge in [-0.05, 0) is 39.5 Å². The molecule has 0 amide bonds. The van der Waals surface area contributed by atoms with E-state index in [1.54, 1.807) is 0 Å². The van der Waals surface area contributed by atoms with Crippen LogP contribution in [0.25, 0.3) is 0 Å². The van der Waals surface area contributed by atoms with E-state index >= 15 is 0 Å². The molecule has 1 aliphatic carbocycles. The lowest BCUT2D eigenvalue weighted by atomic mass is 9.98. The number of hydrogen-bond acceptors (Lipinski definition) is 2. The summed E-state index contributed by atoms with van der Waals surface area (Å²) in [5.41, 5.74) is 0.241. The molecule has 0 saturated heterocycles. The lowest BCUT2D eigenvalue weighted by Crippen LogP contribution is -2.43. The highest BCUT2D eigenvalue weighted by Gasteiger charge is 2.37. The van der Waals surface area contributed by atoms with E-state index in [4.69, 9.17) is 5.26 Å². The van der Waals surface area contributed by atoms with Crippen molar-refractivity contribution in [3.8, 4) is 6.07 Å². The minimum Gasteiger partial charge on any atom is -0.310 e. The molecular formula is C10H18N2. The van der Waals surface area contributed by atoms with Crippen molar-refractivity contribution in [1.29, 1.82) is 5.26 Å². The molecule has 2 nitrogen and oxygen atoms in total. The molecule has 0 aromatic carbocycles. The molecule has 0 aromatic heterocycles. The van der Waals surface area contributed by atoms with E-state index < -0.39 is 0 Å². The average Bonchev–Trinajstić information content (AvgIpc) is 2.82. The quantitative estimate of drug-likeness (QED) is 0.692. The van der Waals surface area contributed by atoms with Crippen LogP contribution in [0, 0.1) is 23.2 Å². The van der Waals surface area contributed by atoms with Gasteiger partial charge in [-0.25, -0.2) is 0 Å². The van der Waals surface area contributed by atoms with Gasteiger partial charge in [-0.1, -0.05) is 0 Å². The highest BCUT2D eigenvalue weighted by Crippen LogP contribution is 2.39. The van der Waals surface area contributed by atoms with E-state index in [0.717, 1.165) is 12.5 Å². The molecule has 2 heteroatoms. The summed E-state index contributed by atoms with van der Waals surface area (Å²) in [5.74, 6) is 0.964. The normalized spacial score (nSPS) is 20.2. The Bertz CT molecular complexity index is 187. The SMILES string of the molecule is CC(C#N)CNC(C)(C)C1CC1. The van der Waals surface area contributed by atoms with Crippen LogP contribution in [0.1, 0.15) is 33.6 Å². The second kappa shape index (κ2) is 3.45. The zero-order valence-electron chi connectivity index (χ0n) is 8.22. The number of nitrogens with zero attached hydrogens (tertiary/aromatic N) is 1. The van der Waals surface area contributed by atoms with Gasteiger partial charge < -0.3 is 5.32 Å². The smallest absolute Gasteiger partial charge is 0.0666 e. The first-order chi connectivity index (χ1) is 5.56. The zero-order valence-corrected chi connectivity index (χ0v) is 8.22. The number of nitrogens with one attached hydrogen (secondary N) is 1. The summed E-state index contributed by atoms with van der Waals surface area (Å²) in [4.78, 5) is 0. The minimum absolute atomic E-state index is 0.128. The summed E-state index contributed by atoms with van der Waals surface area (Å²) in [6, 6.07) is 2.23. The number of rotatable bonds is 4. The van der Waals surface area contributed by atoms with Crippen molar-refractivity contribution in [2.24, 2.45) is 11.8 Å². The van der Waals surface area contributed by atoms with Crippen LogP contribution in [0.3, 0.4) is 0 Å².